The molecule has 0 saturated heterocycles. The Kier molecular flexibility index (Phi) is 4.85. The van der Waals surface area contributed by atoms with Crippen molar-refractivity contribution in [2.24, 2.45) is 0 Å². The van der Waals surface area contributed by atoms with E-state index in [0.29, 0.717) is 23.4 Å². The molecule has 0 aliphatic heterocycles. The van der Waals surface area contributed by atoms with Crippen LogP contribution in [0.25, 0.3) is 0 Å². The average Bonchev–Trinajstić information content (AvgIpc) is 2.29. The maximum atomic E-state index is 11.2. The first-order valence-electron chi connectivity index (χ1n) is 4.76. The smallest absolute Gasteiger partial charge is 0.337 e. The third-order valence-electron chi connectivity index (χ3n) is 1.93. The molecule has 1 aromatic rings. The van der Waals surface area contributed by atoms with Gasteiger partial charge in [0.05, 0.1) is 12.7 Å². The van der Waals surface area contributed by atoms with E-state index in [1.54, 1.807) is 24.3 Å². The molecule has 0 fully saturated rings. The maximum absolute atomic E-state index is 11.2. The molecule has 0 aliphatic rings. The molecule has 0 radical (unpaired) electrons. The zero-order valence-corrected chi connectivity index (χ0v) is 9.79. The van der Waals surface area contributed by atoms with Crippen LogP contribution in [-0.4, -0.2) is 24.7 Å². The monoisotopic (exact) mass is 239 g/mol. The molecule has 0 saturated carbocycles. The van der Waals surface area contributed by atoms with Crippen molar-refractivity contribution < 1.29 is 14.3 Å². The van der Waals surface area contributed by atoms with E-state index in [0.717, 1.165) is 0 Å². The summed E-state index contributed by atoms with van der Waals surface area (Å²) >= 11 is 3.96. The molecule has 0 atom stereocenters. The molecule has 5 heteroatoms. The van der Waals surface area contributed by atoms with Crippen molar-refractivity contribution >= 4 is 30.2 Å². The quantitative estimate of drug-likeness (QED) is 0.621. The minimum absolute atomic E-state index is 0.0965. The molecule has 4 nitrogen and oxygen atoms in total. The summed E-state index contributed by atoms with van der Waals surface area (Å²) in [6.45, 7) is 0. The van der Waals surface area contributed by atoms with E-state index in [2.05, 4.69) is 22.7 Å². The van der Waals surface area contributed by atoms with Crippen molar-refractivity contribution in [1.82, 2.24) is 0 Å². The number of anilines is 1. The van der Waals surface area contributed by atoms with Gasteiger partial charge in [-0.05, 0) is 30.0 Å². The Balaban J connectivity index is 2.64. The second-order valence-electron chi connectivity index (χ2n) is 3.09. The number of methoxy groups -OCH3 is 1. The normalized spacial score (nSPS) is 9.62. The SMILES string of the molecule is COC(=O)c1ccc(NC(=O)CCS)cc1. The van der Waals surface area contributed by atoms with Crippen LogP contribution in [0, 0.1) is 0 Å². The summed E-state index contributed by atoms with van der Waals surface area (Å²) in [6.07, 6.45) is 0.363. The molecule has 1 N–H and O–H groups in total. The van der Waals surface area contributed by atoms with Gasteiger partial charge in [-0.2, -0.15) is 12.6 Å². The van der Waals surface area contributed by atoms with Crippen LogP contribution in [-0.2, 0) is 9.53 Å². The predicted molar refractivity (Wildman–Crippen MR) is 64.9 cm³/mol. The molecule has 0 aromatic heterocycles. The Labute approximate surface area is 99.4 Å². The molecular formula is C11H13NO3S. The number of hydrogen-bond acceptors (Lipinski definition) is 4. The Bertz CT molecular complexity index is 375. The predicted octanol–water partition coefficient (Wildman–Crippen LogP) is 1.73. The molecule has 0 spiro atoms. The summed E-state index contributed by atoms with van der Waals surface area (Å²) < 4.78 is 4.56. The van der Waals surface area contributed by atoms with Gasteiger partial charge in [-0.3, -0.25) is 4.79 Å². The molecule has 0 bridgehead atoms. The third-order valence-corrected chi connectivity index (χ3v) is 2.15. The van der Waals surface area contributed by atoms with Gasteiger partial charge >= 0.3 is 5.97 Å². The fourth-order valence-corrected chi connectivity index (χ4v) is 1.34. The van der Waals surface area contributed by atoms with Gasteiger partial charge in [-0.15, -0.1) is 0 Å². The van der Waals surface area contributed by atoms with E-state index in [-0.39, 0.29) is 5.91 Å². The number of amides is 1. The van der Waals surface area contributed by atoms with Crippen LogP contribution in [0.5, 0.6) is 0 Å². The van der Waals surface area contributed by atoms with E-state index in [4.69, 9.17) is 0 Å². The average molecular weight is 239 g/mol. The Morgan fingerprint density at radius 2 is 1.94 bits per heavy atom. The van der Waals surface area contributed by atoms with Crippen LogP contribution in [0.1, 0.15) is 16.8 Å². The first kappa shape index (κ1) is 12.6. The highest BCUT2D eigenvalue weighted by Crippen LogP contribution is 2.10. The van der Waals surface area contributed by atoms with Crippen LogP contribution in [0.15, 0.2) is 24.3 Å². The molecule has 0 aliphatic carbocycles. The van der Waals surface area contributed by atoms with Gasteiger partial charge in [-0.25, -0.2) is 4.79 Å². The lowest BCUT2D eigenvalue weighted by Crippen LogP contribution is -2.11. The number of thiol groups is 1. The van der Waals surface area contributed by atoms with E-state index in [1.165, 1.54) is 7.11 Å². The summed E-state index contributed by atoms with van der Waals surface area (Å²) in [5, 5.41) is 2.69. The summed E-state index contributed by atoms with van der Waals surface area (Å²) in [5.74, 6) is 0.0144. The lowest BCUT2D eigenvalue weighted by atomic mass is 10.2. The van der Waals surface area contributed by atoms with E-state index < -0.39 is 5.97 Å². The first-order valence-corrected chi connectivity index (χ1v) is 5.39. The topological polar surface area (TPSA) is 55.4 Å². The molecule has 86 valence electrons. The largest absolute Gasteiger partial charge is 0.465 e. The van der Waals surface area contributed by atoms with Gasteiger partial charge in [0.1, 0.15) is 0 Å². The second kappa shape index (κ2) is 6.17. The number of ether oxygens (including phenoxy) is 1. The van der Waals surface area contributed by atoms with Gasteiger partial charge in [-0.1, -0.05) is 0 Å². The Hall–Kier alpha value is -1.49. The highest BCUT2D eigenvalue weighted by molar-refractivity contribution is 7.80. The fraction of sp³-hybridized carbons (Fsp3) is 0.273. The lowest BCUT2D eigenvalue weighted by molar-refractivity contribution is -0.115. The van der Waals surface area contributed by atoms with Crippen LogP contribution in [0.3, 0.4) is 0 Å². The molecule has 16 heavy (non-hydrogen) atoms. The van der Waals surface area contributed by atoms with Crippen molar-refractivity contribution in [2.75, 3.05) is 18.2 Å². The van der Waals surface area contributed by atoms with E-state index in [1.807, 2.05) is 0 Å². The summed E-state index contributed by atoms with van der Waals surface area (Å²) in [5.41, 5.74) is 1.11. The van der Waals surface area contributed by atoms with Crippen molar-refractivity contribution in [3.63, 3.8) is 0 Å². The molecule has 1 aromatic carbocycles. The third kappa shape index (κ3) is 3.58. The zero-order chi connectivity index (χ0) is 12.0. The number of carbonyl (C=O) groups is 2. The van der Waals surface area contributed by atoms with E-state index >= 15 is 0 Å². The molecule has 0 heterocycles. The van der Waals surface area contributed by atoms with E-state index in [9.17, 15) is 9.59 Å². The van der Waals surface area contributed by atoms with Crippen molar-refractivity contribution in [1.29, 1.82) is 0 Å². The highest BCUT2D eigenvalue weighted by atomic mass is 32.1. The summed E-state index contributed by atoms with van der Waals surface area (Å²) in [6, 6.07) is 6.51. The first-order chi connectivity index (χ1) is 7.67. The number of hydrogen-bond donors (Lipinski definition) is 2. The minimum atomic E-state index is -0.395. The number of esters is 1. The Morgan fingerprint density at radius 1 is 1.31 bits per heavy atom. The summed E-state index contributed by atoms with van der Waals surface area (Å²) in [7, 11) is 1.32. The number of nitrogens with one attached hydrogen (secondary N) is 1. The lowest BCUT2D eigenvalue weighted by Gasteiger charge is -2.04. The molecular weight excluding hydrogens is 226 g/mol. The summed E-state index contributed by atoms with van der Waals surface area (Å²) in [4.78, 5) is 22.4. The standard InChI is InChI=1S/C11H13NO3S/c1-15-11(14)8-2-4-9(5-3-8)12-10(13)6-7-16/h2-5,16H,6-7H2,1H3,(H,12,13). The van der Waals surface area contributed by atoms with Gasteiger partial charge in [0.15, 0.2) is 0 Å². The van der Waals surface area contributed by atoms with Gasteiger partial charge in [0.2, 0.25) is 5.91 Å². The van der Waals surface area contributed by atoms with Crippen LogP contribution in [0.2, 0.25) is 0 Å². The van der Waals surface area contributed by atoms with Crippen LogP contribution in [0.4, 0.5) is 5.69 Å². The van der Waals surface area contributed by atoms with Gasteiger partial charge < -0.3 is 10.1 Å². The fourth-order valence-electron chi connectivity index (χ4n) is 1.13. The van der Waals surface area contributed by atoms with Crippen LogP contribution >= 0.6 is 12.6 Å². The number of rotatable bonds is 4. The maximum Gasteiger partial charge on any atom is 0.337 e. The molecule has 1 rings (SSSR count). The van der Waals surface area contributed by atoms with Crippen molar-refractivity contribution in [3.8, 4) is 0 Å². The second-order valence-corrected chi connectivity index (χ2v) is 3.54. The Morgan fingerprint density at radius 3 is 2.44 bits per heavy atom. The number of benzene rings is 1. The van der Waals surface area contributed by atoms with Crippen LogP contribution < -0.4 is 5.32 Å². The number of carbonyl (C=O) groups excluding carboxylic acids is 2. The molecule has 0 unspecified atom stereocenters. The van der Waals surface area contributed by atoms with Gasteiger partial charge in [0.25, 0.3) is 0 Å². The molecule has 1 amide bonds. The highest BCUT2D eigenvalue weighted by Gasteiger charge is 2.05. The van der Waals surface area contributed by atoms with Crippen molar-refractivity contribution in [3.05, 3.63) is 29.8 Å². The van der Waals surface area contributed by atoms with Crippen molar-refractivity contribution in [2.45, 2.75) is 6.42 Å². The minimum Gasteiger partial charge on any atom is -0.465 e. The zero-order valence-electron chi connectivity index (χ0n) is 8.90. The van der Waals surface area contributed by atoms with Gasteiger partial charge in [0, 0.05) is 12.1 Å².